The largest absolute Gasteiger partial charge is 0.479 e. The molecule has 7 heteroatoms. The van der Waals surface area contributed by atoms with Gasteiger partial charge in [0.25, 0.3) is 0 Å². The molecule has 1 N–H and O–H groups in total. The van der Waals surface area contributed by atoms with Crippen LogP contribution in [0.3, 0.4) is 0 Å². The highest BCUT2D eigenvalue weighted by atomic mass is 79.9. The molecule has 0 saturated heterocycles. The highest BCUT2D eigenvalue weighted by molar-refractivity contribution is 9.10. The fourth-order valence-electron chi connectivity index (χ4n) is 2.05. The van der Waals surface area contributed by atoms with Gasteiger partial charge in [-0.05, 0) is 45.4 Å². The molecular formula is C16H21BrFNO4. The summed E-state index contributed by atoms with van der Waals surface area (Å²) in [5.41, 5.74) is -0.595. The Bertz CT molecular complexity index is 586. The van der Waals surface area contributed by atoms with E-state index in [4.69, 9.17) is 4.74 Å². The smallest absolute Gasteiger partial charge is 0.411 e. The van der Waals surface area contributed by atoms with Crippen LogP contribution in [0.1, 0.15) is 45.7 Å². The number of ether oxygens (including phenoxy) is 1. The molecule has 1 aromatic rings. The number of benzene rings is 1. The van der Waals surface area contributed by atoms with Crippen LogP contribution in [0.5, 0.6) is 0 Å². The van der Waals surface area contributed by atoms with Crippen molar-refractivity contribution in [2.45, 2.75) is 45.8 Å². The van der Waals surface area contributed by atoms with Crippen LogP contribution in [0.2, 0.25) is 0 Å². The van der Waals surface area contributed by atoms with Gasteiger partial charge in [0, 0.05) is 16.6 Å². The number of rotatable bonds is 5. The van der Waals surface area contributed by atoms with Crippen LogP contribution in [0.25, 0.3) is 0 Å². The van der Waals surface area contributed by atoms with Crippen LogP contribution >= 0.6 is 15.9 Å². The average Bonchev–Trinajstić information content (AvgIpc) is 2.39. The Balaban J connectivity index is 3.29. The minimum absolute atomic E-state index is 0.164. The molecule has 128 valence electrons. The van der Waals surface area contributed by atoms with Crippen LogP contribution in [-0.4, -0.2) is 34.2 Å². The Hall–Kier alpha value is -1.63. The summed E-state index contributed by atoms with van der Waals surface area (Å²) in [6.45, 7) is 7.08. The molecule has 0 aliphatic rings. The van der Waals surface area contributed by atoms with E-state index in [9.17, 15) is 19.1 Å². The number of halogens is 2. The molecule has 1 rings (SSSR count). The number of carbonyl (C=O) groups is 2. The summed E-state index contributed by atoms with van der Waals surface area (Å²) >= 11 is 3.22. The molecule has 0 radical (unpaired) electrons. The molecule has 0 bridgehead atoms. The first-order chi connectivity index (χ1) is 10.6. The topological polar surface area (TPSA) is 66.8 Å². The van der Waals surface area contributed by atoms with Gasteiger partial charge in [0.05, 0.1) is 0 Å². The van der Waals surface area contributed by atoms with Crippen LogP contribution in [0.4, 0.5) is 9.18 Å². The van der Waals surface area contributed by atoms with E-state index in [1.807, 2.05) is 6.92 Å². The van der Waals surface area contributed by atoms with Gasteiger partial charge in [0.1, 0.15) is 11.4 Å². The second-order valence-corrected chi connectivity index (χ2v) is 6.93. The first kappa shape index (κ1) is 19.4. The summed E-state index contributed by atoms with van der Waals surface area (Å²) in [4.78, 5) is 25.3. The maximum Gasteiger partial charge on any atom is 0.411 e. The highest BCUT2D eigenvalue weighted by Gasteiger charge is 2.35. The van der Waals surface area contributed by atoms with Gasteiger partial charge < -0.3 is 9.84 Å². The van der Waals surface area contributed by atoms with Gasteiger partial charge in [-0.3, -0.25) is 4.90 Å². The maximum absolute atomic E-state index is 13.5. The van der Waals surface area contributed by atoms with E-state index in [1.54, 1.807) is 20.8 Å². The summed E-state index contributed by atoms with van der Waals surface area (Å²) in [5, 5.41) is 9.59. The molecule has 1 aromatic carbocycles. The van der Waals surface area contributed by atoms with Crippen LogP contribution in [0.15, 0.2) is 22.7 Å². The van der Waals surface area contributed by atoms with E-state index in [-0.39, 0.29) is 12.1 Å². The molecular weight excluding hydrogens is 369 g/mol. The predicted molar refractivity (Wildman–Crippen MR) is 87.7 cm³/mol. The molecule has 1 amide bonds. The van der Waals surface area contributed by atoms with Crippen molar-refractivity contribution < 1.29 is 23.8 Å². The Morgan fingerprint density at radius 1 is 1.39 bits per heavy atom. The molecule has 0 saturated carbocycles. The molecule has 0 aliphatic heterocycles. The fraction of sp³-hybridized carbons (Fsp3) is 0.500. The minimum atomic E-state index is -1.34. The lowest BCUT2D eigenvalue weighted by molar-refractivity contribution is -0.143. The van der Waals surface area contributed by atoms with Gasteiger partial charge in [-0.15, -0.1) is 0 Å². The zero-order valence-corrected chi connectivity index (χ0v) is 15.2. The zero-order chi connectivity index (χ0) is 17.8. The number of nitrogens with zero attached hydrogens (tertiary/aromatic N) is 1. The average molecular weight is 390 g/mol. The van der Waals surface area contributed by atoms with Crippen molar-refractivity contribution in [3.63, 3.8) is 0 Å². The molecule has 0 fully saturated rings. The summed E-state index contributed by atoms with van der Waals surface area (Å²) in [6, 6.07) is 2.40. The van der Waals surface area contributed by atoms with E-state index in [1.165, 1.54) is 12.1 Å². The van der Waals surface area contributed by atoms with Gasteiger partial charge in [0.15, 0.2) is 6.04 Å². The number of carboxylic acid groups (broad SMARTS) is 1. The molecule has 0 aliphatic carbocycles. The predicted octanol–water partition coefficient (Wildman–Crippen LogP) is 4.36. The second kappa shape index (κ2) is 7.77. The van der Waals surface area contributed by atoms with E-state index >= 15 is 0 Å². The number of amides is 1. The second-order valence-electron chi connectivity index (χ2n) is 6.08. The molecule has 0 spiro atoms. The highest BCUT2D eigenvalue weighted by Crippen LogP contribution is 2.30. The van der Waals surface area contributed by atoms with Gasteiger partial charge in [-0.25, -0.2) is 14.0 Å². The van der Waals surface area contributed by atoms with Gasteiger partial charge in [-0.1, -0.05) is 22.9 Å². The number of carboxylic acids is 1. The van der Waals surface area contributed by atoms with E-state index < -0.39 is 29.5 Å². The van der Waals surface area contributed by atoms with Crippen molar-refractivity contribution in [3.05, 3.63) is 34.1 Å². The summed E-state index contributed by atoms with van der Waals surface area (Å²) in [7, 11) is 0. The number of hydrogen-bond acceptors (Lipinski definition) is 3. The lowest BCUT2D eigenvalue weighted by Gasteiger charge is -2.31. The minimum Gasteiger partial charge on any atom is -0.479 e. The fourth-order valence-corrected chi connectivity index (χ4v) is 2.51. The monoisotopic (exact) mass is 389 g/mol. The van der Waals surface area contributed by atoms with Gasteiger partial charge in [-0.2, -0.15) is 0 Å². The molecule has 5 nitrogen and oxygen atoms in total. The molecule has 0 aromatic heterocycles. The lowest BCUT2D eigenvalue weighted by atomic mass is 10.1. The lowest BCUT2D eigenvalue weighted by Crippen LogP contribution is -2.42. The molecule has 23 heavy (non-hydrogen) atoms. The van der Waals surface area contributed by atoms with Crippen molar-refractivity contribution in [3.8, 4) is 0 Å². The normalized spacial score (nSPS) is 12.6. The van der Waals surface area contributed by atoms with Crippen molar-refractivity contribution in [2.24, 2.45) is 0 Å². The van der Waals surface area contributed by atoms with Gasteiger partial charge in [0.2, 0.25) is 0 Å². The zero-order valence-electron chi connectivity index (χ0n) is 13.6. The Kier molecular flexibility index (Phi) is 6.56. The van der Waals surface area contributed by atoms with Crippen LogP contribution < -0.4 is 0 Å². The Morgan fingerprint density at radius 2 is 2.00 bits per heavy atom. The standard InChI is InChI=1S/C16H21BrFNO4/c1-5-8-19(15(22)23-16(2,3)4)13(14(20)21)11-9-10(18)6-7-12(11)17/h6-7,9,13H,5,8H2,1-4H3,(H,20,21). The number of hydrogen-bond donors (Lipinski definition) is 1. The first-order valence-corrected chi connectivity index (χ1v) is 8.03. The van der Waals surface area contributed by atoms with Crippen molar-refractivity contribution in [1.29, 1.82) is 0 Å². The van der Waals surface area contributed by atoms with Gasteiger partial charge >= 0.3 is 12.1 Å². The Labute approximate surface area is 143 Å². The van der Waals surface area contributed by atoms with Crippen molar-refractivity contribution in [2.75, 3.05) is 6.54 Å². The van der Waals surface area contributed by atoms with Crippen molar-refractivity contribution >= 4 is 28.0 Å². The summed E-state index contributed by atoms with van der Waals surface area (Å²) in [6.07, 6.45) is -0.210. The first-order valence-electron chi connectivity index (χ1n) is 7.24. The maximum atomic E-state index is 13.5. The van der Waals surface area contributed by atoms with E-state index in [0.29, 0.717) is 10.9 Å². The summed E-state index contributed by atoms with van der Waals surface area (Å²) < 4.78 is 19.2. The third-order valence-electron chi connectivity index (χ3n) is 2.89. The van der Waals surface area contributed by atoms with Crippen molar-refractivity contribution in [1.82, 2.24) is 4.90 Å². The Morgan fingerprint density at radius 3 is 2.48 bits per heavy atom. The molecule has 1 atom stereocenters. The molecule has 0 heterocycles. The van der Waals surface area contributed by atoms with Crippen LogP contribution in [-0.2, 0) is 9.53 Å². The van der Waals surface area contributed by atoms with E-state index in [2.05, 4.69) is 15.9 Å². The number of aliphatic carboxylic acids is 1. The third-order valence-corrected chi connectivity index (χ3v) is 3.61. The number of carbonyl (C=O) groups excluding carboxylic acids is 1. The third kappa shape index (κ3) is 5.49. The molecule has 1 unspecified atom stereocenters. The van der Waals surface area contributed by atoms with Crippen LogP contribution in [0, 0.1) is 5.82 Å². The quantitative estimate of drug-likeness (QED) is 0.811. The van der Waals surface area contributed by atoms with E-state index in [0.717, 1.165) is 11.0 Å². The SMILES string of the molecule is CCCN(C(=O)OC(C)(C)C)C(C(=O)O)c1cc(F)ccc1Br. The summed E-state index contributed by atoms with van der Waals surface area (Å²) in [5.74, 6) is -1.83.